The highest BCUT2D eigenvalue weighted by Gasteiger charge is 2.19. The summed E-state index contributed by atoms with van der Waals surface area (Å²) in [6.45, 7) is 2.39. The monoisotopic (exact) mass is 515 g/mol. The molecule has 1 heterocycles. The molecule has 1 aromatic heterocycles. The summed E-state index contributed by atoms with van der Waals surface area (Å²) in [5.74, 6) is 0.563. The van der Waals surface area contributed by atoms with Crippen LogP contribution in [0.5, 0.6) is 5.75 Å². The van der Waals surface area contributed by atoms with E-state index in [1.807, 2.05) is 13.0 Å². The van der Waals surface area contributed by atoms with Gasteiger partial charge in [0.1, 0.15) is 33.4 Å². The van der Waals surface area contributed by atoms with Crippen molar-refractivity contribution in [2.45, 2.75) is 6.92 Å². The summed E-state index contributed by atoms with van der Waals surface area (Å²) < 4.78 is 11.2. The van der Waals surface area contributed by atoms with Gasteiger partial charge < -0.3 is 14.5 Å². The molecule has 0 radical (unpaired) electrons. The molecule has 0 aliphatic carbocycles. The summed E-state index contributed by atoms with van der Waals surface area (Å²) in [6, 6.07) is 14.5. The topological polar surface area (TPSA) is 118 Å². The zero-order valence-corrected chi connectivity index (χ0v) is 18.9. The molecule has 10 heteroatoms. The zero-order valence-electron chi connectivity index (χ0n) is 16.6. The summed E-state index contributed by atoms with van der Waals surface area (Å²) >= 11 is 9.15. The number of benzene rings is 2. The number of amides is 1. The van der Waals surface area contributed by atoms with Crippen molar-refractivity contribution in [1.82, 2.24) is 0 Å². The van der Waals surface area contributed by atoms with E-state index in [2.05, 4.69) is 21.2 Å². The highest BCUT2D eigenvalue weighted by Crippen LogP contribution is 2.37. The Bertz CT molecular complexity index is 1250. The van der Waals surface area contributed by atoms with Crippen LogP contribution in [0.4, 0.5) is 11.4 Å². The van der Waals surface area contributed by atoms with Gasteiger partial charge in [-0.2, -0.15) is 5.26 Å². The van der Waals surface area contributed by atoms with Crippen molar-refractivity contribution in [3.63, 3.8) is 0 Å². The summed E-state index contributed by atoms with van der Waals surface area (Å²) in [4.78, 5) is 23.1. The van der Waals surface area contributed by atoms with E-state index in [1.54, 1.807) is 36.4 Å². The number of nitro benzene ring substituents is 1. The van der Waals surface area contributed by atoms with Crippen LogP contribution in [0.15, 0.2) is 63.0 Å². The lowest BCUT2D eigenvalue weighted by atomic mass is 10.1. The number of rotatable bonds is 7. The molecule has 8 nitrogen and oxygen atoms in total. The van der Waals surface area contributed by atoms with Gasteiger partial charge in [-0.1, -0.05) is 11.6 Å². The summed E-state index contributed by atoms with van der Waals surface area (Å²) in [7, 11) is 0. The largest absolute Gasteiger partial charge is 0.494 e. The summed E-state index contributed by atoms with van der Waals surface area (Å²) in [5, 5.41) is 23.4. The SMILES string of the molecule is CCOc1ccc(NC(=O)/C(C#N)=C\c2ccc(-c3cc(Cl)c(Br)c([N+](=O)[O-])c3)o2)cc1. The number of nitrogens with one attached hydrogen (secondary N) is 1. The van der Waals surface area contributed by atoms with Crippen molar-refractivity contribution in [2.24, 2.45) is 0 Å². The number of nitrogens with zero attached hydrogens (tertiary/aromatic N) is 2. The van der Waals surface area contributed by atoms with Crippen LogP contribution in [0.25, 0.3) is 17.4 Å². The molecular weight excluding hydrogens is 502 g/mol. The molecular formula is C22H15BrClN3O5. The van der Waals surface area contributed by atoms with E-state index in [0.29, 0.717) is 23.6 Å². The van der Waals surface area contributed by atoms with Crippen LogP contribution in [0, 0.1) is 21.4 Å². The second-order valence-corrected chi connectivity index (χ2v) is 7.53. The van der Waals surface area contributed by atoms with Crippen LogP contribution in [0.1, 0.15) is 12.7 Å². The van der Waals surface area contributed by atoms with Gasteiger partial charge in [-0.05, 0) is 65.3 Å². The smallest absolute Gasteiger partial charge is 0.285 e. The van der Waals surface area contributed by atoms with Crippen molar-refractivity contribution in [1.29, 1.82) is 5.26 Å². The minimum absolute atomic E-state index is 0.148. The number of furan rings is 1. The van der Waals surface area contributed by atoms with Crippen LogP contribution >= 0.6 is 27.5 Å². The van der Waals surface area contributed by atoms with Crippen molar-refractivity contribution in [3.05, 3.63) is 79.5 Å². The number of carbonyl (C=O) groups is 1. The van der Waals surface area contributed by atoms with Gasteiger partial charge in [0.15, 0.2) is 0 Å². The molecule has 1 N–H and O–H groups in total. The molecule has 162 valence electrons. The fourth-order valence-corrected chi connectivity index (χ4v) is 3.31. The average molecular weight is 517 g/mol. The first-order valence-electron chi connectivity index (χ1n) is 9.22. The Morgan fingerprint density at radius 3 is 2.66 bits per heavy atom. The first kappa shape index (κ1) is 23.1. The Morgan fingerprint density at radius 1 is 1.31 bits per heavy atom. The van der Waals surface area contributed by atoms with E-state index in [4.69, 9.17) is 20.8 Å². The molecule has 3 rings (SSSR count). The number of ether oxygens (including phenoxy) is 1. The van der Waals surface area contributed by atoms with Gasteiger partial charge in [-0.3, -0.25) is 14.9 Å². The van der Waals surface area contributed by atoms with E-state index in [1.165, 1.54) is 18.2 Å². The lowest BCUT2D eigenvalue weighted by Gasteiger charge is -2.06. The number of halogens is 2. The number of nitro groups is 1. The first-order chi connectivity index (χ1) is 15.3. The van der Waals surface area contributed by atoms with Crippen molar-refractivity contribution < 1.29 is 18.9 Å². The Hall–Kier alpha value is -3.61. The minimum Gasteiger partial charge on any atom is -0.494 e. The summed E-state index contributed by atoms with van der Waals surface area (Å²) in [6.07, 6.45) is 1.28. The van der Waals surface area contributed by atoms with Crippen LogP contribution < -0.4 is 10.1 Å². The summed E-state index contributed by atoms with van der Waals surface area (Å²) in [5.41, 5.74) is 0.478. The van der Waals surface area contributed by atoms with E-state index in [9.17, 15) is 20.2 Å². The van der Waals surface area contributed by atoms with Crippen molar-refractivity contribution >= 4 is 50.9 Å². The molecule has 0 fully saturated rings. The molecule has 32 heavy (non-hydrogen) atoms. The van der Waals surface area contributed by atoms with Gasteiger partial charge in [0, 0.05) is 23.4 Å². The molecule has 0 unspecified atom stereocenters. The third-order valence-electron chi connectivity index (χ3n) is 4.19. The average Bonchev–Trinajstić information content (AvgIpc) is 3.23. The number of anilines is 1. The number of hydrogen-bond acceptors (Lipinski definition) is 6. The second-order valence-electron chi connectivity index (χ2n) is 6.33. The maximum atomic E-state index is 12.5. The van der Waals surface area contributed by atoms with E-state index in [-0.39, 0.29) is 32.3 Å². The van der Waals surface area contributed by atoms with Gasteiger partial charge in [0.05, 0.1) is 16.6 Å². The van der Waals surface area contributed by atoms with E-state index in [0.717, 1.165) is 0 Å². The van der Waals surface area contributed by atoms with Gasteiger partial charge in [0.25, 0.3) is 11.6 Å². The molecule has 0 spiro atoms. The Kier molecular flexibility index (Phi) is 7.30. The molecule has 0 saturated heterocycles. The van der Waals surface area contributed by atoms with Crippen LogP contribution in [-0.2, 0) is 4.79 Å². The van der Waals surface area contributed by atoms with Crippen LogP contribution in [0.2, 0.25) is 5.02 Å². The lowest BCUT2D eigenvalue weighted by molar-refractivity contribution is -0.385. The fraction of sp³-hybridized carbons (Fsp3) is 0.0909. The predicted molar refractivity (Wildman–Crippen MR) is 123 cm³/mol. The van der Waals surface area contributed by atoms with Crippen molar-refractivity contribution in [2.75, 3.05) is 11.9 Å². The van der Waals surface area contributed by atoms with Gasteiger partial charge in [0.2, 0.25) is 0 Å². The first-order valence-corrected chi connectivity index (χ1v) is 10.4. The minimum atomic E-state index is -0.614. The standard InChI is InChI=1S/C22H15BrClN3O5/c1-2-31-16-5-3-15(4-6-16)26-22(28)14(12-25)9-17-7-8-20(32-17)13-10-18(24)21(23)19(11-13)27(29)30/h3-11H,2H2,1H3,(H,26,28)/b14-9-. The molecule has 1 amide bonds. The van der Waals surface area contributed by atoms with Gasteiger partial charge in [-0.15, -0.1) is 0 Å². The third-order valence-corrected chi connectivity index (χ3v) is 5.55. The fourth-order valence-electron chi connectivity index (χ4n) is 2.73. The van der Waals surface area contributed by atoms with E-state index >= 15 is 0 Å². The number of nitriles is 1. The zero-order chi connectivity index (χ0) is 23.3. The highest BCUT2D eigenvalue weighted by atomic mass is 79.9. The van der Waals surface area contributed by atoms with Gasteiger partial charge in [-0.25, -0.2) is 0 Å². The third kappa shape index (κ3) is 5.35. The Labute approximate surface area is 196 Å². The molecule has 0 aliphatic rings. The van der Waals surface area contributed by atoms with Gasteiger partial charge >= 0.3 is 0 Å². The predicted octanol–water partition coefficient (Wildman–Crippen LogP) is 6.22. The molecule has 0 saturated carbocycles. The number of hydrogen-bond donors (Lipinski definition) is 1. The Morgan fingerprint density at radius 2 is 2.03 bits per heavy atom. The second kappa shape index (κ2) is 10.1. The van der Waals surface area contributed by atoms with Crippen LogP contribution in [-0.4, -0.2) is 17.4 Å². The normalized spacial score (nSPS) is 11.0. The maximum absolute atomic E-state index is 12.5. The molecule has 0 bridgehead atoms. The maximum Gasteiger partial charge on any atom is 0.285 e. The molecule has 2 aromatic carbocycles. The van der Waals surface area contributed by atoms with Crippen molar-refractivity contribution in [3.8, 4) is 23.1 Å². The lowest BCUT2D eigenvalue weighted by Crippen LogP contribution is -2.13. The Balaban J connectivity index is 1.81. The van der Waals surface area contributed by atoms with E-state index < -0.39 is 10.8 Å². The van der Waals surface area contributed by atoms with Crippen LogP contribution in [0.3, 0.4) is 0 Å². The molecule has 3 aromatic rings. The highest BCUT2D eigenvalue weighted by molar-refractivity contribution is 9.10. The molecule has 0 atom stereocenters. The number of carbonyl (C=O) groups excluding carboxylic acids is 1. The quantitative estimate of drug-likeness (QED) is 0.172. The molecule has 0 aliphatic heterocycles.